The Balaban J connectivity index is 1.89. The molecule has 1 aliphatic carbocycles. The first-order valence-corrected chi connectivity index (χ1v) is 6.99. The van der Waals surface area contributed by atoms with Gasteiger partial charge in [-0.25, -0.2) is 0 Å². The minimum Gasteiger partial charge on any atom is -0.387 e. The molecule has 1 aliphatic rings. The van der Waals surface area contributed by atoms with Crippen molar-refractivity contribution >= 4 is 40.7 Å². The third kappa shape index (κ3) is 3.00. The zero-order chi connectivity index (χ0) is 14.3. The van der Waals surface area contributed by atoms with Crippen LogP contribution < -0.4 is 5.32 Å². The van der Waals surface area contributed by atoms with Gasteiger partial charge in [-0.15, -0.1) is 23.2 Å². The van der Waals surface area contributed by atoms with E-state index in [0.717, 1.165) is 0 Å². The minimum atomic E-state index is -0.998. The average molecular weight is 323 g/mol. The summed E-state index contributed by atoms with van der Waals surface area (Å²) in [6.45, 7) is 1.82. The van der Waals surface area contributed by atoms with E-state index in [1.54, 1.807) is 31.2 Å². The van der Waals surface area contributed by atoms with Crippen LogP contribution in [0.4, 0.5) is 0 Å². The number of nitrogens with one attached hydrogen (secondary N) is 1. The molecule has 0 aliphatic heterocycles. The third-order valence-corrected chi connectivity index (χ3v) is 4.82. The molecule has 2 N–H and O–H groups in total. The van der Waals surface area contributed by atoms with Crippen LogP contribution in [0.1, 0.15) is 25.0 Å². The topological polar surface area (TPSA) is 49.3 Å². The number of aliphatic hydroxyl groups is 1. The van der Waals surface area contributed by atoms with Crippen LogP contribution in [0.25, 0.3) is 0 Å². The van der Waals surface area contributed by atoms with E-state index in [2.05, 4.69) is 5.32 Å². The first-order valence-electron chi connectivity index (χ1n) is 5.86. The molecule has 1 amide bonds. The van der Waals surface area contributed by atoms with Crippen LogP contribution in [0.15, 0.2) is 24.3 Å². The van der Waals surface area contributed by atoms with Gasteiger partial charge in [0.2, 0.25) is 5.91 Å². The minimum absolute atomic E-state index is 0.111. The molecule has 2 unspecified atom stereocenters. The monoisotopic (exact) mass is 321 g/mol. The van der Waals surface area contributed by atoms with Gasteiger partial charge < -0.3 is 10.4 Å². The number of benzene rings is 1. The highest BCUT2D eigenvalue weighted by molar-refractivity contribution is 6.53. The quantitative estimate of drug-likeness (QED) is 0.837. The van der Waals surface area contributed by atoms with Gasteiger partial charge in [-0.1, -0.05) is 23.7 Å². The number of amides is 1. The lowest BCUT2D eigenvalue weighted by Gasteiger charge is -2.16. The molecule has 1 aromatic rings. The second-order valence-corrected chi connectivity index (χ2v) is 6.91. The van der Waals surface area contributed by atoms with Gasteiger partial charge in [-0.2, -0.15) is 0 Å². The van der Waals surface area contributed by atoms with Crippen molar-refractivity contribution in [3.05, 3.63) is 34.9 Å². The van der Waals surface area contributed by atoms with E-state index in [-0.39, 0.29) is 12.5 Å². The van der Waals surface area contributed by atoms with Crippen LogP contribution in [0.2, 0.25) is 5.02 Å². The van der Waals surface area contributed by atoms with Gasteiger partial charge in [0, 0.05) is 11.6 Å². The van der Waals surface area contributed by atoms with E-state index in [4.69, 9.17) is 34.8 Å². The van der Waals surface area contributed by atoms with E-state index in [1.807, 2.05) is 0 Å². The number of halogens is 3. The summed E-state index contributed by atoms with van der Waals surface area (Å²) in [4.78, 5) is 11.9. The largest absolute Gasteiger partial charge is 0.387 e. The Hall–Kier alpha value is -0.480. The number of carbonyl (C=O) groups is 1. The summed E-state index contributed by atoms with van der Waals surface area (Å²) in [6, 6.07) is 6.80. The van der Waals surface area contributed by atoms with Crippen LogP contribution in [0, 0.1) is 5.41 Å². The number of aliphatic hydroxyl groups excluding tert-OH is 1. The van der Waals surface area contributed by atoms with Crippen LogP contribution in [-0.4, -0.2) is 21.9 Å². The van der Waals surface area contributed by atoms with Gasteiger partial charge in [-0.05, 0) is 31.0 Å². The fourth-order valence-corrected chi connectivity index (χ4v) is 2.67. The Morgan fingerprint density at radius 2 is 1.95 bits per heavy atom. The zero-order valence-electron chi connectivity index (χ0n) is 10.3. The maximum absolute atomic E-state index is 11.9. The molecule has 19 heavy (non-hydrogen) atoms. The Morgan fingerprint density at radius 3 is 2.42 bits per heavy atom. The fourth-order valence-electron chi connectivity index (χ4n) is 1.83. The SMILES string of the molecule is CC1(C(=O)NCC(O)c2ccc(Cl)cc2)CC1(Cl)Cl. The molecule has 1 fully saturated rings. The highest BCUT2D eigenvalue weighted by Crippen LogP contribution is 2.63. The van der Waals surface area contributed by atoms with Gasteiger partial charge in [-0.3, -0.25) is 4.79 Å². The van der Waals surface area contributed by atoms with E-state index >= 15 is 0 Å². The predicted molar refractivity (Wildman–Crippen MR) is 76.6 cm³/mol. The summed E-state index contributed by atoms with van der Waals surface area (Å²) in [5, 5.41) is 13.2. The lowest BCUT2D eigenvalue weighted by molar-refractivity contribution is -0.126. The van der Waals surface area contributed by atoms with Crippen molar-refractivity contribution in [3.8, 4) is 0 Å². The maximum Gasteiger partial charge on any atom is 0.229 e. The second kappa shape index (κ2) is 5.13. The first kappa shape index (κ1) is 14.9. The van der Waals surface area contributed by atoms with Crippen LogP contribution >= 0.6 is 34.8 Å². The summed E-state index contributed by atoms with van der Waals surface area (Å²) in [7, 11) is 0. The molecule has 0 spiro atoms. The summed E-state index contributed by atoms with van der Waals surface area (Å²) in [5.74, 6) is -0.245. The summed E-state index contributed by atoms with van der Waals surface area (Å²) in [5.41, 5.74) is -0.0795. The summed E-state index contributed by atoms with van der Waals surface area (Å²) >= 11 is 17.6. The molecule has 104 valence electrons. The molecule has 0 radical (unpaired) electrons. The number of hydrogen-bond acceptors (Lipinski definition) is 2. The number of carbonyl (C=O) groups excluding carboxylic acids is 1. The smallest absolute Gasteiger partial charge is 0.229 e. The molecule has 1 aromatic carbocycles. The Morgan fingerprint density at radius 1 is 1.42 bits per heavy atom. The molecular weight excluding hydrogens is 309 g/mol. The van der Waals surface area contributed by atoms with Crippen molar-refractivity contribution in [1.82, 2.24) is 5.32 Å². The lowest BCUT2D eigenvalue weighted by atomic mass is 10.1. The van der Waals surface area contributed by atoms with Gasteiger partial charge in [0.05, 0.1) is 11.5 Å². The molecule has 0 heterocycles. The Kier molecular flexibility index (Phi) is 4.03. The number of alkyl halides is 2. The first-order chi connectivity index (χ1) is 8.76. The van der Waals surface area contributed by atoms with Crippen molar-refractivity contribution in [3.63, 3.8) is 0 Å². The zero-order valence-corrected chi connectivity index (χ0v) is 12.6. The third-order valence-electron chi connectivity index (χ3n) is 3.47. The van der Waals surface area contributed by atoms with Crippen molar-refractivity contribution in [2.75, 3.05) is 6.54 Å². The van der Waals surface area contributed by atoms with E-state index in [9.17, 15) is 9.90 Å². The number of rotatable bonds is 4. The van der Waals surface area contributed by atoms with E-state index < -0.39 is 15.9 Å². The average Bonchev–Trinajstić information content (AvgIpc) is 2.87. The maximum atomic E-state index is 11.9. The van der Waals surface area contributed by atoms with Crippen molar-refractivity contribution in [2.24, 2.45) is 5.41 Å². The van der Waals surface area contributed by atoms with Crippen molar-refractivity contribution < 1.29 is 9.90 Å². The van der Waals surface area contributed by atoms with Gasteiger partial charge in [0.1, 0.15) is 4.33 Å². The molecule has 1 saturated carbocycles. The summed E-state index contributed by atoms with van der Waals surface area (Å²) < 4.78 is -0.998. The molecule has 2 rings (SSSR count). The molecule has 0 saturated heterocycles. The molecular formula is C13H14Cl3NO2. The van der Waals surface area contributed by atoms with Gasteiger partial charge >= 0.3 is 0 Å². The molecule has 2 atom stereocenters. The lowest BCUT2D eigenvalue weighted by Crippen LogP contribution is -2.36. The van der Waals surface area contributed by atoms with Crippen molar-refractivity contribution in [2.45, 2.75) is 23.8 Å². The molecule has 0 bridgehead atoms. The summed E-state index contributed by atoms with van der Waals surface area (Å²) in [6.07, 6.45) is -0.366. The van der Waals surface area contributed by atoms with Crippen LogP contribution in [-0.2, 0) is 4.79 Å². The fraction of sp³-hybridized carbons (Fsp3) is 0.462. The molecule has 6 heteroatoms. The predicted octanol–water partition coefficient (Wildman–Crippen LogP) is 3.07. The standard InChI is InChI=1S/C13H14Cl3NO2/c1-12(7-13(12,15)16)11(19)17-6-10(18)8-2-4-9(14)5-3-8/h2-5,10,18H,6-7H2,1H3,(H,17,19). The normalized spacial score (nSPS) is 25.7. The Bertz CT molecular complexity index is 489. The van der Waals surface area contributed by atoms with Crippen molar-refractivity contribution in [1.29, 1.82) is 0 Å². The highest BCUT2D eigenvalue weighted by Gasteiger charge is 2.67. The van der Waals surface area contributed by atoms with E-state index in [0.29, 0.717) is 17.0 Å². The second-order valence-electron chi connectivity index (χ2n) is 4.99. The van der Waals surface area contributed by atoms with Gasteiger partial charge in [0.15, 0.2) is 0 Å². The molecule has 0 aromatic heterocycles. The van der Waals surface area contributed by atoms with Gasteiger partial charge in [0.25, 0.3) is 0 Å². The molecule has 3 nitrogen and oxygen atoms in total. The Labute approximate surface area is 126 Å². The highest BCUT2D eigenvalue weighted by atomic mass is 35.5. The van der Waals surface area contributed by atoms with Crippen LogP contribution in [0.3, 0.4) is 0 Å². The number of hydrogen-bond donors (Lipinski definition) is 2. The van der Waals surface area contributed by atoms with E-state index in [1.165, 1.54) is 0 Å². The van der Waals surface area contributed by atoms with Crippen LogP contribution in [0.5, 0.6) is 0 Å².